The largest absolute Gasteiger partial charge is 0.441 e. The Morgan fingerprint density at radius 2 is 1.80 bits per heavy atom. The van der Waals surface area contributed by atoms with Crippen molar-refractivity contribution in [3.05, 3.63) is 71.4 Å². The van der Waals surface area contributed by atoms with Crippen LogP contribution in [0.4, 0.5) is 10.5 Å². The van der Waals surface area contributed by atoms with E-state index in [2.05, 4.69) is 10.4 Å². The van der Waals surface area contributed by atoms with Gasteiger partial charge in [0.15, 0.2) is 0 Å². The maximum atomic E-state index is 12.6. The number of rotatable bonds is 6. The SMILES string of the molecule is Cc1c(NC(=O)OC(C)c2ccccc2)c(-c2ccc(C(O)C3CC3)cc2)nn1C. The Hall–Kier alpha value is -3.12. The van der Waals surface area contributed by atoms with Crippen molar-refractivity contribution >= 4 is 11.8 Å². The van der Waals surface area contributed by atoms with Crippen molar-refractivity contribution < 1.29 is 14.6 Å². The van der Waals surface area contributed by atoms with Crippen LogP contribution < -0.4 is 5.32 Å². The lowest BCUT2D eigenvalue weighted by atomic mass is 10.0. The first-order chi connectivity index (χ1) is 14.4. The van der Waals surface area contributed by atoms with E-state index in [9.17, 15) is 9.90 Å². The van der Waals surface area contributed by atoms with E-state index in [1.807, 2.05) is 75.5 Å². The lowest BCUT2D eigenvalue weighted by Crippen LogP contribution is -2.17. The molecule has 0 saturated heterocycles. The molecule has 2 aromatic carbocycles. The quantitative estimate of drug-likeness (QED) is 0.595. The highest BCUT2D eigenvalue weighted by Crippen LogP contribution is 2.41. The number of aliphatic hydroxyl groups excluding tert-OH is 1. The second kappa shape index (κ2) is 8.32. The van der Waals surface area contributed by atoms with Crippen LogP contribution in [0, 0.1) is 12.8 Å². The summed E-state index contributed by atoms with van der Waals surface area (Å²) in [5, 5.41) is 17.8. The highest BCUT2D eigenvalue weighted by atomic mass is 16.6. The molecule has 156 valence electrons. The second-order valence-electron chi connectivity index (χ2n) is 7.92. The van der Waals surface area contributed by atoms with E-state index < -0.39 is 12.2 Å². The molecule has 1 saturated carbocycles. The Morgan fingerprint density at radius 3 is 2.43 bits per heavy atom. The smallest absolute Gasteiger partial charge is 0.412 e. The molecule has 2 atom stereocenters. The van der Waals surface area contributed by atoms with E-state index in [0.717, 1.165) is 35.2 Å². The third kappa shape index (κ3) is 4.24. The summed E-state index contributed by atoms with van der Waals surface area (Å²) < 4.78 is 7.29. The molecule has 1 amide bonds. The molecule has 6 nitrogen and oxygen atoms in total. The first-order valence-corrected chi connectivity index (χ1v) is 10.3. The van der Waals surface area contributed by atoms with Crippen molar-refractivity contribution in [3.63, 3.8) is 0 Å². The Morgan fingerprint density at radius 1 is 1.13 bits per heavy atom. The minimum absolute atomic E-state index is 0.366. The summed E-state index contributed by atoms with van der Waals surface area (Å²) in [7, 11) is 1.84. The van der Waals surface area contributed by atoms with Crippen LogP contribution in [-0.2, 0) is 11.8 Å². The fraction of sp³-hybridized carbons (Fsp3) is 0.333. The van der Waals surface area contributed by atoms with Gasteiger partial charge >= 0.3 is 6.09 Å². The first kappa shape index (κ1) is 20.2. The number of nitrogens with one attached hydrogen (secondary N) is 1. The minimum Gasteiger partial charge on any atom is -0.441 e. The highest BCUT2D eigenvalue weighted by molar-refractivity contribution is 5.91. The number of amides is 1. The van der Waals surface area contributed by atoms with E-state index in [0.29, 0.717) is 17.3 Å². The summed E-state index contributed by atoms with van der Waals surface area (Å²) in [5.74, 6) is 0.381. The lowest BCUT2D eigenvalue weighted by Gasteiger charge is -2.15. The fourth-order valence-corrected chi connectivity index (χ4v) is 3.57. The van der Waals surface area contributed by atoms with Crippen molar-refractivity contribution in [1.29, 1.82) is 0 Å². The van der Waals surface area contributed by atoms with Gasteiger partial charge in [-0.2, -0.15) is 5.10 Å². The minimum atomic E-state index is -0.524. The Labute approximate surface area is 176 Å². The van der Waals surface area contributed by atoms with Crippen molar-refractivity contribution in [3.8, 4) is 11.3 Å². The summed E-state index contributed by atoms with van der Waals surface area (Å²) in [5.41, 5.74) is 4.85. The molecule has 1 fully saturated rings. The van der Waals surface area contributed by atoms with Crippen LogP contribution in [-0.4, -0.2) is 21.0 Å². The zero-order chi connectivity index (χ0) is 21.3. The fourth-order valence-electron chi connectivity index (χ4n) is 3.57. The van der Waals surface area contributed by atoms with Crippen LogP contribution in [0.1, 0.15) is 48.8 Å². The van der Waals surface area contributed by atoms with Gasteiger partial charge in [-0.25, -0.2) is 4.79 Å². The molecular formula is C24H27N3O3. The van der Waals surface area contributed by atoms with Gasteiger partial charge in [0.05, 0.1) is 17.5 Å². The maximum absolute atomic E-state index is 12.6. The molecule has 0 radical (unpaired) electrons. The van der Waals surface area contributed by atoms with Crippen LogP contribution in [0.2, 0.25) is 0 Å². The summed E-state index contributed by atoms with van der Waals surface area (Å²) >= 11 is 0. The topological polar surface area (TPSA) is 76.4 Å². The number of nitrogens with zero attached hydrogens (tertiary/aromatic N) is 2. The van der Waals surface area contributed by atoms with Crippen molar-refractivity contribution in [2.45, 2.75) is 38.9 Å². The summed E-state index contributed by atoms with van der Waals surface area (Å²) in [4.78, 5) is 12.6. The van der Waals surface area contributed by atoms with Gasteiger partial charge in [0.1, 0.15) is 11.8 Å². The van der Waals surface area contributed by atoms with Crippen LogP contribution in [0.5, 0.6) is 0 Å². The van der Waals surface area contributed by atoms with E-state index in [-0.39, 0.29) is 6.10 Å². The molecule has 6 heteroatoms. The number of aliphatic hydroxyl groups is 1. The predicted molar refractivity (Wildman–Crippen MR) is 116 cm³/mol. The van der Waals surface area contributed by atoms with Gasteiger partial charge in [0, 0.05) is 12.6 Å². The highest BCUT2D eigenvalue weighted by Gasteiger charge is 2.30. The van der Waals surface area contributed by atoms with Gasteiger partial charge in [-0.3, -0.25) is 10.00 Å². The third-order valence-corrected chi connectivity index (χ3v) is 5.71. The average Bonchev–Trinajstić information content (AvgIpc) is 3.57. The molecule has 1 aliphatic rings. The van der Waals surface area contributed by atoms with Crippen LogP contribution >= 0.6 is 0 Å². The molecular weight excluding hydrogens is 378 g/mol. The summed E-state index contributed by atoms with van der Waals surface area (Å²) in [6, 6.07) is 17.4. The summed E-state index contributed by atoms with van der Waals surface area (Å²) in [6.45, 7) is 3.74. The Kier molecular flexibility index (Phi) is 5.59. The normalized spacial score (nSPS) is 15.5. The molecule has 0 aliphatic heterocycles. The monoisotopic (exact) mass is 405 g/mol. The molecule has 0 bridgehead atoms. The number of carbonyl (C=O) groups is 1. The Bertz CT molecular complexity index is 1020. The number of aryl methyl sites for hydroxylation is 1. The van der Waals surface area contributed by atoms with E-state index in [1.54, 1.807) is 4.68 Å². The zero-order valence-corrected chi connectivity index (χ0v) is 17.5. The van der Waals surface area contributed by atoms with Crippen molar-refractivity contribution in [2.75, 3.05) is 5.32 Å². The molecule has 30 heavy (non-hydrogen) atoms. The molecule has 0 spiro atoms. The number of ether oxygens (including phenoxy) is 1. The lowest BCUT2D eigenvalue weighted by molar-refractivity contribution is 0.121. The number of hydrogen-bond acceptors (Lipinski definition) is 4. The maximum Gasteiger partial charge on any atom is 0.412 e. The molecule has 1 aliphatic carbocycles. The van der Waals surface area contributed by atoms with Crippen LogP contribution in [0.15, 0.2) is 54.6 Å². The van der Waals surface area contributed by atoms with Crippen LogP contribution in [0.25, 0.3) is 11.3 Å². The predicted octanol–water partition coefficient (Wildman–Crippen LogP) is 5.15. The molecule has 3 aromatic rings. The van der Waals surface area contributed by atoms with Crippen LogP contribution in [0.3, 0.4) is 0 Å². The number of hydrogen-bond donors (Lipinski definition) is 2. The third-order valence-electron chi connectivity index (χ3n) is 5.71. The number of carbonyl (C=O) groups excluding carboxylic acids is 1. The zero-order valence-electron chi connectivity index (χ0n) is 17.5. The van der Waals surface area contributed by atoms with Gasteiger partial charge in [-0.05, 0) is 43.7 Å². The van der Waals surface area contributed by atoms with Crippen molar-refractivity contribution in [2.24, 2.45) is 13.0 Å². The van der Waals surface area contributed by atoms with E-state index in [1.165, 1.54) is 0 Å². The molecule has 2 N–H and O–H groups in total. The van der Waals surface area contributed by atoms with Gasteiger partial charge in [-0.15, -0.1) is 0 Å². The molecule has 1 aromatic heterocycles. The van der Waals surface area contributed by atoms with E-state index in [4.69, 9.17) is 4.74 Å². The molecule has 2 unspecified atom stereocenters. The molecule has 4 rings (SSSR count). The van der Waals surface area contributed by atoms with Gasteiger partial charge in [-0.1, -0.05) is 54.6 Å². The van der Waals surface area contributed by atoms with E-state index >= 15 is 0 Å². The summed E-state index contributed by atoms with van der Waals surface area (Å²) in [6.07, 6.45) is 0.871. The standard InChI is InChI=1S/C24H27N3O3/c1-15-21(25-24(29)30-16(2)17-7-5-4-6-8-17)22(26-27(15)3)18-9-11-19(12-10-18)23(28)20-13-14-20/h4-12,16,20,23,28H,13-14H2,1-3H3,(H,25,29). The van der Waals surface area contributed by atoms with Gasteiger partial charge in [0.25, 0.3) is 0 Å². The first-order valence-electron chi connectivity index (χ1n) is 10.3. The van der Waals surface area contributed by atoms with Crippen molar-refractivity contribution in [1.82, 2.24) is 9.78 Å². The van der Waals surface area contributed by atoms with Gasteiger partial charge in [0.2, 0.25) is 0 Å². The number of anilines is 1. The number of aromatic nitrogens is 2. The van der Waals surface area contributed by atoms with Gasteiger partial charge < -0.3 is 9.84 Å². The number of benzene rings is 2. The molecule has 1 heterocycles. The second-order valence-corrected chi connectivity index (χ2v) is 7.92. The Balaban J connectivity index is 1.52. The average molecular weight is 405 g/mol.